The van der Waals surface area contributed by atoms with Crippen molar-refractivity contribution in [1.29, 1.82) is 0 Å². The SMILES string of the molecule is CCOC(CN1C(=O)c2ccc3c4ccc5c6c(ccc(c7ccc(c2c37)C1=O)c64)C(=O)N(CC(OCC)OCC)C5=O)OCC. The molecule has 0 fully saturated rings. The highest BCUT2D eigenvalue weighted by Gasteiger charge is 2.38. The molecule has 4 amide bonds. The van der Waals surface area contributed by atoms with Crippen LogP contribution in [-0.4, -0.2) is 85.5 Å². The monoisotopic (exact) mass is 622 g/mol. The molecule has 5 aromatic carbocycles. The van der Waals surface area contributed by atoms with Gasteiger partial charge in [-0.1, -0.05) is 24.3 Å². The van der Waals surface area contributed by atoms with E-state index in [0.29, 0.717) is 59.5 Å². The molecular weight excluding hydrogens is 588 g/mol. The van der Waals surface area contributed by atoms with E-state index in [1.807, 2.05) is 52.0 Å². The second-order valence-corrected chi connectivity index (χ2v) is 11.3. The van der Waals surface area contributed by atoms with Gasteiger partial charge in [-0.25, -0.2) is 0 Å². The molecule has 0 atom stereocenters. The molecule has 0 saturated heterocycles. The van der Waals surface area contributed by atoms with Crippen molar-refractivity contribution in [2.45, 2.75) is 40.3 Å². The Morgan fingerprint density at radius 3 is 0.935 bits per heavy atom. The highest BCUT2D eigenvalue weighted by molar-refractivity contribution is 6.41. The van der Waals surface area contributed by atoms with E-state index in [1.54, 1.807) is 24.3 Å². The second kappa shape index (κ2) is 11.7. The summed E-state index contributed by atoms with van der Waals surface area (Å²) < 4.78 is 22.6. The van der Waals surface area contributed by atoms with Crippen molar-refractivity contribution in [1.82, 2.24) is 9.80 Å². The topological polar surface area (TPSA) is 112 Å². The summed E-state index contributed by atoms with van der Waals surface area (Å²) in [6.45, 7) is 8.80. The van der Waals surface area contributed by atoms with Crippen LogP contribution >= 0.6 is 0 Å². The van der Waals surface area contributed by atoms with E-state index in [9.17, 15) is 19.2 Å². The molecule has 0 bridgehead atoms. The number of carbonyl (C=O) groups is 4. The van der Waals surface area contributed by atoms with Crippen LogP contribution < -0.4 is 0 Å². The Balaban J connectivity index is 1.39. The number of amides is 4. The molecule has 0 radical (unpaired) electrons. The lowest BCUT2D eigenvalue weighted by Crippen LogP contribution is -2.46. The van der Waals surface area contributed by atoms with Crippen molar-refractivity contribution < 1.29 is 38.1 Å². The minimum absolute atomic E-state index is 0.0214. The van der Waals surface area contributed by atoms with Gasteiger partial charge in [0.05, 0.1) is 13.1 Å². The van der Waals surface area contributed by atoms with Gasteiger partial charge in [0.15, 0.2) is 12.6 Å². The van der Waals surface area contributed by atoms with E-state index in [-0.39, 0.29) is 13.1 Å². The maximum Gasteiger partial charge on any atom is 0.261 e. The highest BCUT2D eigenvalue weighted by Crippen LogP contribution is 2.46. The Kier molecular flexibility index (Phi) is 7.68. The number of fused-ring (bicyclic) bond motifs is 2. The smallest absolute Gasteiger partial charge is 0.261 e. The molecule has 2 aliphatic rings. The van der Waals surface area contributed by atoms with Crippen LogP contribution in [-0.2, 0) is 18.9 Å². The maximum atomic E-state index is 13.8. The van der Waals surface area contributed by atoms with E-state index in [0.717, 1.165) is 32.3 Å². The van der Waals surface area contributed by atoms with Gasteiger partial charge in [-0.2, -0.15) is 0 Å². The zero-order valence-corrected chi connectivity index (χ0v) is 26.2. The Hall–Kier alpha value is -4.48. The molecule has 0 spiro atoms. The molecule has 236 valence electrons. The number of benzene rings is 5. The Morgan fingerprint density at radius 2 is 0.696 bits per heavy atom. The molecule has 0 aromatic heterocycles. The standard InChI is InChI=1S/C36H34N2O8/c1-5-43-27(44-6-2)17-37-33(39)23-13-9-19-21-11-15-25-32-26(36(42)38(35(25)41)18-28(45-7-3)46-8-4)16-12-22(30(21)32)20-10-14-24(34(37)40)31(23)29(19)20/h9-16,27-28H,5-8,17-18H2,1-4H3. The number of carbonyl (C=O) groups excluding carboxylic acids is 4. The first kappa shape index (κ1) is 30.2. The second-order valence-electron chi connectivity index (χ2n) is 11.3. The molecule has 0 saturated carbocycles. The minimum atomic E-state index is -0.727. The Bertz CT molecular complexity index is 1790. The Labute approximate surface area is 265 Å². The molecule has 46 heavy (non-hydrogen) atoms. The van der Waals surface area contributed by atoms with Crippen LogP contribution in [0.15, 0.2) is 48.5 Å². The summed E-state index contributed by atoms with van der Waals surface area (Å²) in [5.74, 6) is -1.63. The van der Waals surface area contributed by atoms with Crippen LogP contribution in [0.3, 0.4) is 0 Å². The zero-order chi connectivity index (χ0) is 32.3. The van der Waals surface area contributed by atoms with Gasteiger partial charge >= 0.3 is 0 Å². The quantitative estimate of drug-likeness (QED) is 0.0751. The fraction of sp³-hybridized carbons (Fsp3) is 0.333. The first-order valence-corrected chi connectivity index (χ1v) is 15.7. The lowest BCUT2D eigenvalue weighted by atomic mass is 9.82. The van der Waals surface area contributed by atoms with E-state index >= 15 is 0 Å². The van der Waals surface area contributed by atoms with Gasteiger partial charge in [0.25, 0.3) is 23.6 Å². The summed E-state index contributed by atoms with van der Waals surface area (Å²) >= 11 is 0. The molecule has 7 rings (SSSR count). The van der Waals surface area contributed by atoms with Gasteiger partial charge in [0.1, 0.15) is 0 Å². The lowest BCUT2D eigenvalue weighted by molar-refractivity contribution is -0.140. The van der Waals surface area contributed by atoms with Gasteiger partial charge in [0, 0.05) is 59.5 Å². The Morgan fingerprint density at radius 1 is 0.435 bits per heavy atom. The summed E-state index contributed by atoms with van der Waals surface area (Å²) in [7, 11) is 0. The minimum Gasteiger partial charge on any atom is -0.351 e. The molecule has 0 unspecified atom stereocenters. The van der Waals surface area contributed by atoms with Gasteiger partial charge in [-0.3, -0.25) is 29.0 Å². The average molecular weight is 623 g/mol. The van der Waals surface area contributed by atoms with Crippen molar-refractivity contribution in [3.05, 3.63) is 70.8 Å². The molecule has 10 heteroatoms. The van der Waals surface area contributed by atoms with E-state index < -0.39 is 36.2 Å². The van der Waals surface area contributed by atoms with Crippen molar-refractivity contribution in [2.75, 3.05) is 39.5 Å². The number of hydrogen-bond acceptors (Lipinski definition) is 8. The first-order valence-electron chi connectivity index (χ1n) is 15.7. The van der Waals surface area contributed by atoms with E-state index in [4.69, 9.17) is 18.9 Å². The van der Waals surface area contributed by atoms with Crippen LogP contribution in [0.25, 0.3) is 43.1 Å². The molecule has 2 aliphatic heterocycles. The molecular formula is C36H34N2O8. The first-order chi connectivity index (χ1) is 22.3. The van der Waals surface area contributed by atoms with Crippen LogP contribution in [0.2, 0.25) is 0 Å². The van der Waals surface area contributed by atoms with Crippen molar-refractivity contribution in [3.63, 3.8) is 0 Å². The van der Waals surface area contributed by atoms with Crippen LogP contribution in [0.4, 0.5) is 0 Å². The van der Waals surface area contributed by atoms with Gasteiger partial charge in [-0.05, 0) is 84.3 Å². The third kappa shape index (κ3) is 4.39. The molecule has 0 aliphatic carbocycles. The summed E-state index contributed by atoms with van der Waals surface area (Å²) in [5, 5.41) is 6.11. The summed E-state index contributed by atoms with van der Waals surface area (Å²) in [6.07, 6.45) is -1.45. The maximum absolute atomic E-state index is 13.8. The summed E-state index contributed by atoms with van der Waals surface area (Å²) in [4.78, 5) is 57.7. The molecule has 10 nitrogen and oxygen atoms in total. The third-order valence-electron chi connectivity index (χ3n) is 8.88. The van der Waals surface area contributed by atoms with Crippen LogP contribution in [0.1, 0.15) is 69.1 Å². The van der Waals surface area contributed by atoms with Crippen LogP contribution in [0, 0.1) is 0 Å². The van der Waals surface area contributed by atoms with Gasteiger partial charge < -0.3 is 18.9 Å². The number of imide groups is 2. The predicted octanol–water partition coefficient (Wildman–Crippen LogP) is 5.73. The van der Waals surface area contributed by atoms with Gasteiger partial charge in [-0.15, -0.1) is 0 Å². The normalized spacial score (nSPS) is 15.0. The molecule has 0 N–H and O–H groups in total. The van der Waals surface area contributed by atoms with Crippen molar-refractivity contribution >= 4 is 66.7 Å². The van der Waals surface area contributed by atoms with E-state index in [1.165, 1.54) is 9.80 Å². The van der Waals surface area contributed by atoms with Crippen molar-refractivity contribution in [3.8, 4) is 0 Å². The number of rotatable bonds is 12. The highest BCUT2D eigenvalue weighted by atomic mass is 16.7. The summed E-state index contributed by atoms with van der Waals surface area (Å²) in [5.41, 5.74) is 1.70. The summed E-state index contributed by atoms with van der Waals surface area (Å²) in [6, 6.07) is 14.6. The molecule has 5 aromatic rings. The predicted molar refractivity (Wildman–Crippen MR) is 172 cm³/mol. The van der Waals surface area contributed by atoms with E-state index in [2.05, 4.69) is 0 Å². The van der Waals surface area contributed by atoms with Gasteiger partial charge in [0.2, 0.25) is 0 Å². The zero-order valence-electron chi connectivity index (χ0n) is 26.2. The lowest BCUT2D eigenvalue weighted by Gasteiger charge is -2.32. The van der Waals surface area contributed by atoms with Crippen LogP contribution in [0.5, 0.6) is 0 Å². The average Bonchev–Trinajstić information content (AvgIpc) is 3.06. The fourth-order valence-electron chi connectivity index (χ4n) is 7.05. The number of nitrogens with zero attached hydrogens (tertiary/aromatic N) is 2. The van der Waals surface area contributed by atoms with Crippen molar-refractivity contribution in [2.24, 2.45) is 0 Å². The number of ether oxygens (including phenoxy) is 4. The third-order valence-corrected chi connectivity index (χ3v) is 8.88. The number of hydrogen-bond donors (Lipinski definition) is 0. The molecule has 2 heterocycles. The fourth-order valence-corrected chi connectivity index (χ4v) is 7.05. The largest absolute Gasteiger partial charge is 0.351 e.